The van der Waals surface area contributed by atoms with Gasteiger partial charge in [0, 0.05) is 17.2 Å². The lowest BCUT2D eigenvalue weighted by atomic mass is 9.81. The Morgan fingerprint density at radius 3 is 2.29 bits per heavy atom. The van der Waals surface area contributed by atoms with Gasteiger partial charge >= 0.3 is 0 Å². The molecule has 2 fully saturated rings. The standard InChI is InChI=1S/C32H38N2O4/c1-36-29-5-3-4-24(20-29)30-21-25(10-15-31(30)37-2)32(35)34-26-11-6-22(7-12-26)23-8-13-27(14-9-23)38-28-16-18-33-19-17-28/h3-5,8-10,13-15,20-22,26,28,33H,6-7,11-12,16-19H2,1-2H3,(H,34,35). The fourth-order valence-corrected chi connectivity index (χ4v) is 5.63. The predicted molar refractivity (Wildman–Crippen MR) is 150 cm³/mol. The van der Waals surface area contributed by atoms with Gasteiger partial charge in [-0.05, 0) is 111 Å². The van der Waals surface area contributed by atoms with E-state index < -0.39 is 0 Å². The first-order valence-electron chi connectivity index (χ1n) is 13.7. The number of amides is 1. The van der Waals surface area contributed by atoms with E-state index in [0.29, 0.717) is 17.6 Å². The molecule has 3 aromatic carbocycles. The van der Waals surface area contributed by atoms with Crippen LogP contribution in [0.25, 0.3) is 11.1 Å². The van der Waals surface area contributed by atoms with Gasteiger partial charge in [0.05, 0.1) is 14.2 Å². The molecular weight excluding hydrogens is 476 g/mol. The Balaban J connectivity index is 1.17. The molecule has 0 radical (unpaired) electrons. The highest BCUT2D eigenvalue weighted by molar-refractivity contribution is 5.96. The van der Waals surface area contributed by atoms with E-state index in [1.54, 1.807) is 14.2 Å². The molecule has 1 aliphatic carbocycles. The molecule has 0 bridgehead atoms. The van der Waals surface area contributed by atoms with Crippen molar-refractivity contribution in [3.63, 3.8) is 0 Å². The van der Waals surface area contributed by atoms with Crippen LogP contribution in [-0.4, -0.2) is 45.4 Å². The second-order valence-corrected chi connectivity index (χ2v) is 10.3. The fraction of sp³-hybridized carbons (Fsp3) is 0.406. The Kier molecular flexibility index (Phi) is 8.49. The van der Waals surface area contributed by atoms with Crippen molar-refractivity contribution in [2.45, 2.75) is 56.6 Å². The van der Waals surface area contributed by atoms with E-state index in [0.717, 1.165) is 80.0 Å². The molecule has 2 aliphatic rings. The van der Waals surface area contributed by atoms with Crippen LogP contribution in [0.15, 0.2) is 66.7 Å². The van der Waals surface area contributed by atoms with Gasteiger partial charge < -0.3 is 24.8 Å². The summed E-state index contributed by atoms with van der Waals surface area (Å²) in [7, 11) is 3.29. The minimum atomic E-state index is -0.0420. The van der Waals surface area contributed by atoms with Crippen LogP contribution in [0.2, 0.25) is 0 Å². The highest BCUT2D eigenvalue weighted by atomic mass is 16.5. The number of carbonyl (C=O) groups excluding carboxylic acids is 1. The molecule has 2 N–H and O–H groups in total. The van der Waals surface area contributed by atoms with Crippen molar-refractivity contribution < 1.29 is 19.0 Å². The molecule has 6 heteroatoms. The number of methoxy groups -OCH3 is 2. The van der Waals surface area contributed by atoms with Gasteiger partial charge in [-0.2, -0.15) is 0 Å². The van der Waals surface area contributed by atoms with Crippen molar-refractivity contribution in [1.29, 1.82) is 0 Å². The SMILES string of the molecule is COc1cccc(-c2cc(C(=O)NC3CCC(c4ccc(OC5CCNCC5)cc4)CC3)ccc2OC)c1. The van der Waals surface area contributed by atoms with Gasteiger partial charge in [0.25, 0.3) is 5.91 Å². The number of ether oxygens (including phenoxy) is 3. The summed E-state index contributed by atoms with van der Waals surface area (Å²) in [6.45, 7) is 2.06. The number of hydrogen-bond donors (Lipinski definition) is 2. The highest BCUT2D eigenvalue weighted by Gasteiger charge is 2.24. The quantitative estimate of drug-likeness (QED) is 0.388. The summed E-state index contributed by atoms with van der Waals surface area (Å²) in [6.07, 6.45) is 6.53. The van der Waals surface area contributed by atoms with Gasteiger partial charge in [-0.1, -0.05) is 24.3 Å². The number of carbonyl (C=O) groups is 1. The van der Waals surface area contributed by atoms with Crippen LogP contribution >= 0.6 is 0 Å². The van der Waals surface area contributed by atoms with E-state index >= 15 is 0 Å². The topological polar surface area (TPSA) is 68.8 Å². The molecule has 1 aliphatic heterocycles. The van der Waals surface area contributed by atoms with E-state index in [9.17, 15) is 4.79 Å². The number of benzene rings is 3. The number of piperidine rings is 1. The van der Waals surface area contributed by atoms with Crippen molar-refractivity contribution in [2.75, 3.05) is 27.3 Å². The van der Waals surface area contributed by atoms with E-state index in [2.05, 4.69) is 34.9 Å². The van der Waals surface area contributed by atoms with E-state index in [4.69, 9.17) is 14.2 Å². The maximum atomic E-state index is 13.2. The average molecular weight is 515 g/mol. The largest absolute Gasteiger partial charge is 0.497 e. The molecule has 0 aromatic heterocycles. The third-order valence-electron chi connectivity index (χ3n) is 7.85. The molecule has 1 saturated carbocycles. The number of rotatable bonds is 8. The minimum Gasteiger partial charge on any atom is -0.497 e. The first-order valence-corrected chi connectivity index (χ1v) is 13.7. The number of nitrogens with one attached hydrogen (secondary N) is 2. The lowest BCUT2D eigenvalue weighted by Crippen LogP contribution is -2.37. The van der Waals surface area contributed by atoms with Crippen molar-refractivity contribution in [1.82, 2.24) is 10.6 Å². The molecule has 200 valence electrons. The lowest BCUT2D eigenvalue weighted by molar-refractivity contribution is 0.0925. The summed E-state index contributed by atoms with van der Waals surface area (Å²) in [5.41, 5.74) is 3.82. The lowest BCUT2D eigenvalue weighted by Gasteiger charge is -2.30. The third kappa shape index (κ3) is 6.30. The van der Waals surface area contributed by atoms with Crippen molar-refractivity contribution in [3.8, 4) is 28.4 Å². The highest BCUT2D eigenvalue weighted by Crippen LogP contribution is 2.35. The first kappa shape index (κ1) is 26.1. The van der Waals surface area contributed by atoms with Crippen LogP contribution in [-0.2, 0) is 0 Å². The average Bonchev–Trinajstić information content (AvgIpc) is 2.98. The van der Waals surface area contributed by atoms with Crippen LogP contribution < -0.4 is 24.8 Å². The predicted octanol–water partition coefficient (Wildman–Crippen LogP) is 5.96. The zero-order chi connectivity index (χ0) is 26.3. The van der Waals surface area contributed by atoms with Crippen LogP contribution in [0.4, 0.5) is 0 Å². The summed E-state index contributed by atoms with van der Waals surface area (Å²) in [5.74, 6) is 2.94. The Morgan fingerprint density at radius 1 is 0.816 bits per heavy atom. The Bertz CT molecular complexity index is 1210. The second-order valence-electron chi connectivity index (χ2n) is 10.3. The molecule has 0 unspecified atom stereocenters. The summed E-state index contributed by atoms with van der Waals surface area (Å²) in [6, 6.07) is 22.2. The fourth-order valence-electron chi connectivity index (χ4n) is 5.63. The zero-order valence-electron chi connectivity index (χ0n) is 22.4. The van der Waals surface area contributed by atoms with Crippen LogP contribution in [0.3, 0.4) is 0 Å². The van der Waals surface area contributed by atoms with Gasteiger partial charge in [-0.15, -0.1) is 0 Å². The van der Waals surface area contributed by atoms with Gasteiger partial charge in [-0.25, -0.2) is 0 Å². The van der Waals surface area contributed by atoms with E-state index in [1.165, 1.54) is 5.56 Å². The van der Waals surface area contributed by atoms with Crippen LogP contribution in [0.5, 0.6) is 17.2 Å². The normalized spacial score (nSPS) is 19.9. The number of hydrogen-bond acceptors (Lipinski definition) is 5. The van der Waals surface area contributed by atoms with E-state index in [1.807, 2.05) is 42.5 Å². The molecule has 38 heavy (non-hydrogen) atoms. The molecule has 1 amide bonds. The molecule has 5 rings (SSSR count). The molecule has 6 nitrogen and oxygen atoms in total. The Labute approximate surface area is 225 Å². The van der Waals surface area contributed by atoms with Crippen LogP contribution in [0.1, 0.15) is 60.4 Å². The first-order chi connectivity index (χ1) is 18.6. The van der Waals surface area contributed by atoms with Crippen molar-refractivity contribution in [2.24, 2.45) is 0 Å². The molecule has 0 spiro atoms. The van der Waals surface area contributed by atoms with E-state index in [-0.39, 0.29) is 11.9 Å². The van der Waals surface area contributed by atoms with Gasteiger partial charge in [0.2, 0.25) is 0 Å². The minimum absolute atomic E-state index is 0.0420. The molecule has 1 heterocycles. The maximum Gasteiger partial charge on any atom is 0.251 e. The van der Waals surface area contributed by atoms with Crippen molar-refractivity contribution >= 4 is 5.91 Å². The third-order valence-corrected chi connectivity index (χ3v) is 7.85. The van der Waals surface area contributed by atoms with Gasteiger partial charge in [-0.3, -0.25) is 4.79 Å². The van der Waals surface area contributed by atoms with Crippen molar-refractivity contribution in [3.05, 3.63) is 77.9 Å². The maximum absolute atomic E-state index is 13.2. The zero-order valence-corrected chi connectivity index (χ0v) is 22.4. The molecule has 1 saturated heterocycles. The molecule has 3 aromatic rings. The Hall–Kier alpha value is -3.51. The summed E-state index contributed by atoms with van der Waals surface area (Å²) >= 11 is 0. The van der Waals surface area contributed by atoms with Gasteiger partial charge in [0.15, 0.2) is 0 Å². The second kappa shape index (κ2) is 12.4. The summed E-state index contributed by atoms with van der Waals surface area (Å²) in [5, 5.41) is 6.65. The smallest absolute Gasteiger partial charge is 0.251 e. The van der Waals surface area contributed by atoms with Gasteiger partial charge in [0.1, 0.15) is 23.4 Å². The summed E-state index contributed by atoms with van der Waals surface area (Å²) < 4.78 is 17.1. The molecular formula is C32H38N2O4. The Morgan fingerprint density at radius 2 is 1.58 bits per heavy atom. The molecule has 0 atom stereocenters. The summed E-state index contributed by atoms with van der Waals surface area (Å²) in [4.78, 5) is 13.2. The van der Waals surface area contributed by atoms with Crippen LogP contribution in [0, 0.1) is 0 Å². The monoisotopic (exact) mass is 514 g/mol.